The zero-order valence-corrected chi connectivity index (χ0v) is 17.5. The Hall–Kier alpha value is -2.04. The molecule has 0 radical (unpaired) electrons. The van der Waals surface area contributed by atoms with Gasteiger partial charge >= 0.3 is 0 Å². The monoisotopic (exact) mass is 434 g/mol. The van der Waals surface area contributed by atoms with Gasteiger partial charge in [-0.3, -0.25) is 15.5 Å². The van der Waals surface area contributed by atoms with Gasteiger partial charge < -0.3 is 4.74 Å². The number of anilines is 1. The summed E-state index contributed by atoms with van der Waals surface area (Å²) in [4.78, 5) is 11.0. The first-order valence-corrected chi connectivity index (χ1v) is 12.1. The number of nitro groups is 1. The number of rotatable bonds is 5. The van der Waals surface area contributed by atoms with E-state index in [0.29, 0.717) is 25.0 Å². The maximum absolute atomic E-state index is 12.8. The largest absolute Gasteiger partial charge is 0.379 e. The van der Waals surface area contributed by atoms with E-state index in [-0.39, 0.29) is 29.4 Å². The van der Waals surface area contributed by atoms with Crippen molar-refractivity contribution < 1.29 is 18.1 Å². The number of benzene rings is 1. The number of nitrogens with one attached hydrogen (secondary N) is 1. The van der Waals surface area contributed by atoms with Crippen molar-refractivity contribution in [3.63, 3.8) is 0 Å². The molecule has 1 aromatic carbocycles. The van der Waals surface area contributed by atoms with Crippen LogP contribution in [-0.2, 0) is 14.8 Å². The summed E-state index contributed by atoms with van der Waals surface area (Å²) >= 11 is 0. The highest BCUT2D eigenvalue weighted by atomic mass is 32.2. The van der Waals surface area contributed by atoms with E-state index in [1.165, 1.54) is 48.5 Å². The third-order valence-corrected chi connectivity index (χ3v) is 8.95. The lowest BCUT2D eigenvalue weighted by Gasteiger charge is -2.50. The quantitative estimate of drug-likeness (QED) is 0.563. The molecule has 4 aliphatic carbocycles. The number of nitrogens with zero attached hydrogens (tertiary/aromatic N) is 3. The Balaban J connectivity index is 1.40. The summed E-state index contributed by atoms with van der Waals surface area (Å²) in [7, 11) is -3.80. The molecular weight excluding hydrogens is 408 g/mol. The van der Waals surface area contributed by atoms with Crippen LogP contribution in [0.5, 0.6) is 0 Å². The molecule has 5 fully saturated rings. The Labute approximate surface area is 175 Å². The standard InChI is InChI=1S/C20H26N4O5S/c25-24(26)19-12-17(30(27,28)23-3-5-29-6-4-23)1-2-18(19)21-22-20-15-8-13-7-14(10-15)11-16(20)9-13/h1-2,12-16,21H,3-11H2. The van der Waals surface area contributed by atoms with E-state index >= 15 is 0 Å². The third kappa shape index (κ3) is 3.50. The summed E-state index contributed by atoms with van der Waals surface area (Å²) < 4.78 is 32.2. The molecule has 4 saturated carbocycles. The van der Waals surface area contributed by atoms with Crippen molar-refractivity contribution in [1.82, 2.24) is 4.31 Å². The summed E-state index contributed by atoms with van der Waals surface area (Å²) in [6.07, 6.45) is 6.04. The lowest BCUT2D eigenvalue weighted by molar-refractivity contribution is -0.384. The zero-order chi connectivity index (χ0) is 20.9. The molecule has 1 heterocycles. The smallest absolute Gasteiger partial charge is 0.295 e. The average molecular weight is 435 g/mol. The van der Waals surface area contributed by atoms with Crippen LogP contribution in [0.3, 0.4) is 0 Å². The van der Waals surface area contributed by atoms with Gasteiger partial charge in [0, 0.05) is 24.9 Å². The van der Waals surface area contributed by atoms with Crippen molar-refractivity contribution in [3.05, 3.63) is 28.3 Å². The van der Waals surface area contributed by atoms with Crippen molar-refractivity contribution >= 4 is 27.1 Å². The van der Waals surface area contributed by atoms with E-state index in [9.17, 15) is 18.5 Å². The molecule has 6 rings (SSSR count). The van der Waals surface area contributed by atoms with Crippen molar-refractivity contribution in [2.24, 2.45) is 28.8 Å². The highest BCUT2D eigenvalue weighted by Gasteiger charge is 2.46. The molecular formula is C20H26N4O5S. The Morgan fingerprint density at radius 1 is 1.07 bits per heavy atom. The predicted octanol–water partition coefficient (Wildman–Crippen LogP) is 2.84. The van der Waals surface area contributed by atoms with Crippen LogP contribution in [0, 0.1) is 33.8 Å². The molecule has 1 aromatic rings. The minimum absolute atomic E-state index is 0.0797. The molecule has 0 spiro atoms. The number of sulfonamides is 1. The Kier molecular flexibility index (Phi) is 5.03. The highest BCUT2D eigenvalue weighted by molar-refractivity contribution is 7.89. The maximum Gasteiger partial charge on any atom is 0.295 e. The van der Waals surface area contributed by atoms with E-state index in [1.54, 1.807) is 0 Å². The van der Waals surface area contributed by atoms with Crippen molar-refractivity contribution in [3.8, 4) is 0 Å². The van der Waals surface area contributed by atoms with E-state index in [1.807, 2.05) is 0 Å². The van der Waals surface area contributed by atoms with Crippen LogP contribution < -0.4 is 5.43 Å². The van der Waals surface area contributed by atoms with E-state index < -0.39 is 14.9 Å². The van der Waals surface area contributed by atoms with E-state index in [4.69, 9.17) is 4.74 Å². The Bertz CT molecular complexity index is 957. The maximum atomic E-state index is 12.8. The van der Waals surface area contributed by atoms with Crippen LogP contribution in [0.15, 0.2) is 28.2 Å². The van der Waals surface area contributed by atoms with Gasteiger partial charge in [-0.1, -0.05) is 0 Å². The number of hydrogen-bond donors (Lipinski definition) is 1. The number of hydrazone groups is 1. The molecule has 1 aliphatic heterocycles. The first-order valence-electron chi connectivity index (χ1n) is 10.6. The van der Waals surface area contributed by atoms with Crippen LogP contribution in [0.1, 0.15) is 32.1 Å². The SMILES string of the molecule is O=[N+]([O-])c1cc(S(=O)(=O)N2CCOCC2)ccc1NN=C1C2CC3CC(C2)CC1C3. The number of hydrogen-bond acceptors (Lipinski definition) is 7. The Morgan fingerprint density at radius 2 is 1.70 bits per heavy atom. The molecule has 9 nitrogen and oxygen atoms in total. The van der Waals surface area contributed by atoms with Crippen LogP contribution in [0.4, 0.5) is 11.4 Å². The molecule has 162 valence electrons. The van der Waals surface area contributed by atoms with Crippen molar-refractivity contribution in [1.29, 1.82) is 0 Å². The van der Waals surface area contributed by atoms with E-state index in [2.05, 4.69) is 10.5 Å². The second-order valence-corrected chi connectivity index (χ2v) is 10.8. The molecule has 30 heavy (non-hydrogen) atoms. The van der Waals surface area contributed by atoms with Crippen LogP contribution in [0.2, 0.25) is 0 Å². The molecule has 10 heteroatoms. The van der Waals surface area contributed by atoms with Gasteiger partial charge in [0.1, 0.15) is 5.69 Å². The lowest BCUT2D eigenvalue weighted by Crippen LogP contribution is -2.45. The van der Waals surface area contributed by atoms with Gasteiger partial charge in [0.05, 0.1) is 23.0 Å². The summed E-state index contributed by atoms with van der Waals surface area (Å²) in [6, 6.07) is 3.99. The van der Waals surface area contributed by atoms with Gasteiger partial charge in [-0.15, -0.1) is 0 Å². The lowest BCUT2D eigenvalue weighted by atomic mass is 9.55. The predicted molar refractivity (Wildman–Crippen MR) is 111 cm³/mol. The topological polar surface area (TPSA) is 114 Å². The van der Waals surface area contributed by atoms with Gasteiger partial charge in [0.25, 0.3) is 5.69 Å². The third-order valence-electron chi connectivity index (χ3n) is 7.05. The molecule has 0 atom stereocenters. The second-order valence-electron chi connectivity index (χ2n) is 8.91. The fraction of sp³-hybridized carbons (Fsp3) is 0.650. The second kappa shape index (κ2) is 7.58. The van der Waals surface area contributed by atoms with Crippen molar-refractivity contribution in [2.75, 3.05) is 31.7 Å². The summed E-state index contributed by atoms with van der Waals surface area (Å²) in [5.74, 6) is 2.58. The molecule has 1 saturated heterocycles. The van der Waals surface area contributed by atoms with Gasteiger partial charge in [-0.2, -0.15) is 9.41 Å². The first kappa shape index (κ1) is 19.9. The molecule has 0 amide bonds. The zero-order valence-electron chi connectivity index (χ0n) is 16.7. The van der Waals surface area contributed by atoms with Gasteiger partial charge in [0.15, 0.2) is 0 Å². The Morgan fingerprint density at radius 3 is 2.30 bits per heavy atom. The van der Waals surface area contributed by atoms with Crippen LogP contribution in [0.25, 0.3) is 0 Å². The van der Waals surface area contributed by atoms with Crippen molar-refractivity contribution in [2.45, 2.75) is 37.0 Å². The fourth-order valence-corrected chi connectivity index (χ4v) is 7.26. The minimum atomic E-state index is -3.80. The number of nitro benzene ring substituents is 1. The summed E-state index contributed by atoms with van der Waals surface area (Å²) in [6.45, 7) is 1.13. The number of morpholine rings is 1. The molecule has 1 N–H and O–H groups in total. The molecule has 5 aliphatic rings. The number of ether oxygens (including phenoxy) is 1. The van der Waals surface area contributed by atoms with Crippen LogP contribution in [-0.4, -0.2) is 49.7 Å². The summed E-state index contributed by atoms with van der Waals surface area (Å²) in [5.41, 5.74) is 3.98. The molecule has 0 unspecified atom stereocenters. The van der Waals surface area contributed by atoms with Gasteiger partial charge in [-0.25, -0.2) is 8.42 Å². The van der Waals surface area contributed by atoms with Gasteiger partial charge in [0.2, 0.25) is 10.0 Å². The summed E-state index contributed by atoms with van der Waals surface area (Å²) in [5, 5.41) is 16.3. The normalized spacial score (nSPS) is 31.0. The molecule has 0 aromatic heterocycles. The average Bonchev–Trinajstić information content (AvgIpc) is 2.73. The van der Waals surface area contributed by atoms with Gasteiger partial charge in [-0.05, 0) is 67.9 Å². The fourth-order valence-electron chi connectivity index (χ4n) is 5.83. The highest BCUT2D eigenvalue weighted by Crippen LogP contribution is 2.52. The molecule has 4 bridgehead atoms. The van der Waals surface area contributed by atoms with E-state index in [0.717, 1.165) is 23.6 Å². The van der Waals surface area contributed by atoms with Crippen LogP contribution >= 0.6 is 0 Å². The first-order chi connectivity index (χ1) is 14.4. The minimum Gasteiger partial charge on any atom is -0.379 e.